The standard InChI is InChI=1S/C26H23N5O3S/c1-3-30-15-16(14-27-30)13-20-24(33)31-22-18-11-7-8-12-19(18)34-26(2,29-25(31)35-20)21(22)23(32)28-17-9-5-4-6-10-17/h4-15,21-22H,3H2,1-2H3,(H,28,32)/b20-13-/t21-,22+,26+/m1/s1. The summed E-state index contributed by atoms with van der Waals surface area (Å²) in [6.45, 7) is 4.57. The van der Waals surface area contributed by atoms with E-state index in [0.29, 0.717) is 20.8 Å². The Morgan fingerprint density at radius 3 is 2.74 bits per heavy atom. The van der Waals surface area contributed by atoms with E-state index in [2.05, 4.69) is 10.4 Å². The topological polar surface area (TPSA) is 90.5 Å². The molecule has 2 aromatic carbocycles. The Morgan fingerprint density at radius 2 is 1.97 bits per heavy atom. The predicted molar refractivity (Wildman–Crippen MR) is 133 cm³/mol. The summed E-state index contributed by atoms with van der Waals surface area (Å²) >= 11 is 1.30. The minimum absolute atomic E-state index is 0.181. The van der Waals surface area contributed by atoms with Crippen LogP contribution in [0, 0.1) is 5.92 Å². The fourth-order valence-electron chi connectivity index (χ4n) is 4.86. The lowest BCUT2D eigenvalue weighted by molar-refractivity contribution is -0.131. The van der Waals surface area contributed by atoms with Crippen molar-refractivity contribution in [3.05, 3.63) is 97.8 Å². The van der Waals surface area contributed by atoms with Gasteiger partial charge in [0.15, 0.2) is 4.80 Å². The van der Waals surface area contributed by atoms with Crippen LogP contribution < -0.4 is 24.9 Å². The summed E-state index contributed by atoms with van der Waals surface area (Å²) in [6.07, 6.45) is 5.46. The lowest BCUT2D eigenvalue weighted by Gasteiger charge is -2.45. The molecule has 9 heteroatoms. The Kier molecular flexibility index (Phi) is 4.96. The number of benzene rings is 2. The summed E-state index contributed by atoms with van der Waals surface area (Å²) < 4.78 is 10.3. The van der Waals surface area contributed by atoms with E-state index in [1.807, 2.05) is 85.4 Å². The van der Waals surface area contributed by atoms with Crippen LogP contribution in [0.3, 0.4) is 0 Å². The van der Waals surface area contributed by atoms with Crippen LogP contribution in [-0.2, 0) is 11.3 Å². The van der Waals surface area contributed by atoms with E-state index in [9.17, 15) is 9.59 Å². The molecule has 0 radical (unpaired) electrons. The fraction of sp³-hybridized carbons (Fsp3) is 0.231. The Hall–Kier alpha value is -3.98. The van der Waals surface area contributed by atoms with Gasteiger partial charge in [-0.15, -0.1) is 0 Å². The number of rotatable bonds is 4. The molecule has 4 heterocycles. The number of hydrogen-bond acceptors (Lipinski definition) is 6. The number of nitrogens with zero attached hydrogens (tertiary/aromatic N) is 4. The van der Waals surface area contributed by atoms with Gasteiger partial charge >= 0.3 is 0 Å². The number of carbonyl (C=O) groups is 1. The van der Waals surface area contributed by atoms with Crippen LogP contribution >= 0.6 is 11.3 Å². The number of nitrogens with one attached hydrogen (secondary N) is 1. The zero-order valence-electron chi connectivity index (χ0n) is 19.2. The van der Waals surface area contributed by atoms with Crippen LogP contribution in [0.4, 0.5) is 5.69 Å². The minimum Gasteiger partial charge on any atom is -0.465 e. The molecule has 176 valence electrons. The molecule has 2 aromatic heterocycles. The van der Waals surface area contributed by atoms with Crippen LogP contribution in [0.5, 0.6) is 5.75 Å². The SMILES string of the molecule is CCn1cc(/C=c2\sc3n(c2=O)[C@H]2c4ccccc4O[C@](C)(N=3)[C@H]2C(=O)Nc2ccccc2)cn1. The van der Waals surface area contributed by atoms with Crippen molar-refractivity contribution in [1.82, 2.24) is 14.3 Å². The van der Waals surface area contributed by atoms with Crippen molar-refractivity contribution in [2.45, 2.75) is 32.2 Å². The molecule has 0 unspecified atom stereocenters. The van der Waals surface area contributed by atoms with Crippen molar-refractivity contribution in [1.29, 1.82) is 0 Å². The van der Waals surface area contributed by atoms with Crippen LogP contribution in [-0.4, -0.2) is 26.0 Å². The highest BCUT2D eigenvalue weighted by atomic mass is 32.1. The molecular formula is C26H23N5O3S. The van der Waals surface area contributed by atoms with E-state index >= 15 is 0 Å². The molecule has 8 nitrogen and oxygen atoms in total. The van der Waals surface area contributed by atoms with E-state index in [0.717, 1.165) is 17.7 Å². The van der Waals surface area contributed by atoms with E-state index in [1.54, 1.807) is 10.8 Å². The monoisotopic (exact) mass is 485 g/mol. The minimum atomic E-state index is -1.17. The van der Waals surface area contributed by atoms with Gasteiger partial charge in [0.1, 0.15) is 11.7 Å². The lowest BCUT2D eigenvalue weighted by Crippen LogP contribution is -2.59. The third-order valence-corrected chi connectivity index (χ3v) is 7.46. The van der Waals surface area contributed by atoms with Gasteiger partial charge in [-0.1, -0.05) is 47.7 Å². The van der Waals surface area contributed by atoms with Gasteiger partial charge in [-0.2, -0.15) is 5.10 Å². The lowest BCUT2D eigenvalue weighted by atomic mass is 9.80. The Balaban J connectivity index is 1.53. The maximum atomic E-state index is 13.7. The third kappa shape index (κ3) is 3.50. The number of fused-ring (bicyclic) bond motifs is 6. The molecule has 4 aromatic rings. The number of amides is 1. The second-order valence-corrected chi connectivity index (χ2v) is 9.79. The highest BCUT2D eigenvalue weighted by molar-refractivity contribution is 7.07. The van der Waals surface area contributed by atoms with E-state index in [1.165, 1.54) is 11.3 Å². The van der Waals surface area contributed by atoms with Gasteiger partial charge in [0, 0.05) is 29.6 Å². The zero-order chi connectivity index (χ0) is 24.2. The third-order valence-electron chi connectivity index (χ3n) is 6.48. The summed E-state index contributed by atoms with van der Waals surface area (Å²) in [6, 6.07) is 16.3. The summed E-state index contributed by atoms with van der Waals surface area (Å²) in [5.74, 6) is -0.362. The van der Waals surface area contributed by atoms with Gasteiger partial charge in [-0.3, -0.25) is 18.8 Å². The molecule has 0 saturated heterocycles. The normalized spacial score (nSPS) is 22.5. The number of ether oxygens (including phenoxy) is 1. The quantitative estimate of drug-likeness (QED) is 0.481. The van der Waals surface area contributed by atoms with Crippen molar-refractivity contribution in [3.63, 3.8) is 0 Å². The molecule has 6 rings (SSSR count). The van der Waals surface area contributed by atoms with Crippen LogP contribution in [0.1, 0.15) is 31.0 Å². The van der Waals surface area contributed by atoms with Crippen molar-refractivity contribution < 1.29 is 9.53 Å². The van der Waals surface area contributed by atoms with E-state index in [-0.39, 0.29) is 11.5 Å². The molecule has 35 heavy (non-hydrogen) atoms. The molecule has 2 aliphatic rings. The van der Waals surface area contributed by atoms with Crippen molar-refractivity contribution in [2.24, 2.45) is 10.9 Å². The van der Waals surface area contributed by atoms with Gasteiger partial charge < -0.3 is 10.1 Å². The molecule has 1 N–H and O–H groups in total. The van der Waals surface area contributed by atoms with Gasteiger partial charge in [0.25, 0.3) is 5.56 Å². The van der Waals surface area contributed by atoms with Gasteiger partial charge in [0.2, 0.25) is 11.6 Å². The van der Waals surface area contributed by atoms with Gasteiger partial charge in [0.05, 0.1) is 16.8 Å². The second-order valence-electron chi connectivity index (χ2n) is 8.78. The van der Waals surface area contributed by atoms with Crippen LogP contribution in [0.25, 0.3) is 6.08 Å². The smallest absolute Gasteiger partial charge is 0.270 e. The molecule has 0 fully saturated rings. The molecule has 1 amide bonds. The Labute approximate surface area is 204 Å². The largest absolute Gasteiger partial charge is 0.465 e. The molecule has 2 bridgehead atoms. The van der Waals surface area contributed by atoms with Crippen molar-refractivity contribution >= 4 is 29.0 Å². The molecule has 0 saturated carbocycles. The summed E-state index contributed by atoms with van der Waals surface area (Å²) in [5, 5.41) is 7.29. The number of aromatic nitrogens is 3. The first-order valence-electron chi connectivity index (χ1n) is 11.5. The average molecular weight is 486 g/mol. The zero-order valence-corrected chi connectivity index (χ0v) is 20.0. The molecule has 0 spiro atoms. The van der Waals surface area contributed by atoms with Crippen molar-refractivity contribution in [2.75, 3.05) is 5.32 Å². The maximum absolute atomic E-state index is 13.7. The number of thiazole rings is 1. The summed E-state index contributed by atoms with van der Waals surface area (Å²) in [4.78, 5) is 32.8. The molecular weight excluding hydrogens is 462 g/mol. The number of hydrogen-bond donors (Lipinski definition) is 1. The molecule has 3 atom stereocenters. The number of carbonyl (C=O) groups excluding carboxylic acids is 1. The molecule has 0 aliphatic carbocycles. The number of para-hydroxylation sites is 2. The van der Waals surface area contributed by atoms with Crippen LogP contribution in [0.15, 0.2) is 76.8 Å². The maximum Gasteiger partial charge on any atom is 0.270 e. The van der Waals surface area contributed by atoms with Crippen molar-refractivity contribution in [3.8, 4) is 5.75 Å². The Bertz CT molecular complexity index is 1620. The summed E-state index contributed by atoms with van der Waals surface area (Å²) in [5.41, 5.74) is 0.962. The first-order valence-corrected chi connectivity index (χ1v) is 12.3. The summed E-state index contributed by atoms with van der Waals surface area (Å²) in [7, 11) is 0. The highest BCUT2D eigenvalue weighted by Crippen LogP contribution is 2.47. The Morgan fingerprint density at radius 1 is 1.20 bits per heavy atom. The van der Waals surface area contributed by atoms with Gasteiger partial charge in [-0.05, 0) is 38.1 Å². The average Bonchev–Trinajstić information content (AvgIpc) is 3.42. The van der Waals surface area contributed by atoms with E-state index in [4.69, 9.17) is 9.73 Å². The highest BCUT2D eigenvalue weighted by Gasteiger charge is 2.55. The molecule has 2 aliphatic heterocycles. The van der Waals surface area contributed by atoms with Gasteiger partial charge in [-0.25, -0.2) is 4.99 Å². The number of anilines is 1. The van der Waals surface area contributed by atoms with Crippen LogP contribution in [0.2, 0.25) is 0 Å². The first-order chi connectivity index (χ1) is 17.0. The number of aryl methyl sites for hydroxylation is 1. The predicted octanol–water partition coefficient (Wildman–Crippen LogP) is 2.54. The second kappa shape index (κ2) is 8.06. The fourth-order valence-corrected chi connectivity index (χ4v) is 5.96. The first kappa shape index (κ1) is 21.5. The van der Waals surface area contributed by atoms with E-state index < -0.39 is 17.7 Å².